The summed E-state index contributed by atoms with van der Waals surface area (Å²) < 4.78 is 5.50. The van der Waals surface area contributed by atoms with Gasteiger partial charge < -0.3 is 14.9 Å². The SMILES string of the molecule is CC(C)Oc1cccc(C(O)CCC(=O)O)c1. The Morgan fingerprint density at radius 2 is 2.12 bits per heavy atom. The van der Waals surface area contributed by atoms with Crippen molar-refractivity contribution in [3.63, 3.8) is 0 Å². The van der Waals surface area contributed by atoms with E-state index in [1.54, 1.807) is 18.2 Å². The van der Waals surface area contributed by atoms with Gasteiger partial charge in [0.25, 0.3) is 0 Å². The average Bonchev–Trinajstić information content (AvgIpc) is 2.25. The summed E-state index contributed by atoms with van der Waals surface area (Å²) in [5, 5.41) is 18.4. The smallest absolute Gasteiger partial charge is 0.303 e. The number of rotatable bonds is 6. The highest BCUT2D eigenvalue weighted by molar-refractivity contribution is 5.66. The third-order valence-electron chi connectivity index (χ3n) is 2.25. The lowest BCUT2D eigenvalue weighted by Gasteiger charge is -2.13. The van der Waals surface area contributed by atoms with Crippen molar-refractivity contribution in [2.75, 3.05) is 0 Å². The molecule has 1 rings (SSSR count). The molecule has 0 fully saturated rings. The van der Waals surface area contributed by atoms with E-state index < -0.39 is 12.1 Å². The Hall–Kier alpha value is -1.55. The minimum absolute atomic E-state index is 0.0452. The van der Waals surface area contributed by atoms with Gasteiger partial charge in [-0.15, -0.1) is 0 Å². The van der Waals surface area contributed by atoms with E-state index in [9.17, 15) is 9.90 Å². The van der Waals surface area contributed by atoms with Crippen LogP contribution in [0.15, 0.2) is 24.3 Å². The van der Waals surface area contributed by atoms with Crippen molar-refractivity contribution in [3.8, 4) is 5.75 Å². The molecule has 0 heterocycles. The Balaban J connectivity index is 2.66. The molecule has 2 N–H and O–H groups in total. The molecule has 1 aromatic rings. The van der Waals surface area contributed by atoms with Crippen LogP contribution < -0.4 is 4.74 Å². The summed E-state index contributed by atoms with van der Waals surface area (Å²) in [6.45, 7) is 3.85. The second kappa shape index (κ2) is 6.25. The van der Waals surface area contributed by atoms with Gasteiger partial charge in [0, 0.05) is 6.42 Å². The second-order valence-electron chi connectivity index (χ2n) is 4.19. The van der Waals surface area contributed by atoms with Crippen molar-refractivity contribution in [2.24, 2.45) is 0 Å². The number of carboxylic acids is 1. The summed E-state index contributed by atoms with van der Waals surface area (Å²) in [4.78, 5) is 10.4. The van der Waals surface area contributed by atoms with Gasteiger partial charge in [-0.2, -0.15) is 0 Å². The van der Waals surface area contributed by atoms with E-state index in [2.05, 4.69) is 0 Å². The molecule has 0 radical (unpaired) electrons. The quantitative estimate of drug-likeness (QED) is 0.798. The topological polar surface area (TPSA) is 66.8 Å². The molecule has 0 amide bonds. The number of hydrogen-bond donors (Lipinski definition) is 2. The van der Waals surface area contributed by atoms with E-state index in [-0.39, 0.29) is 18.9 Å². The molecule has 4 nitrogen and oxygen atoms in total. The van der Waals surface area contributed by atoms with Crippen molar-refractivity contribution in [3.05, 3.63) is 29.8 Å². The van der Waals surface area contributed by atoms with Gasteiger partial charge in [-0.05, 0) is 38.0 Å². The van der Waals surface area contributed by atoms with Crippen molar-refractivity contribution >= 4 is 5.97 Å². The third kappa shape index (κ3) is 4.87. The molecule has 0 aliphatic heterocycles. The highest BCUT2D eigenvalue weighted by Crippen LogP contribution is 2.23. The molecule has 0 spiro atoms. The summed E-state index contributed by atoms with van der Waals surface area (Å²) in [5.41, 5.74) is 0.685. The Morgan fingerprint density at radius 3 is 2.71 bits per heavy atom. The molecule has 0 aromatic heterocycles. The predicted molar refractivity (Wildman–Crippen MR) is 64.0 cm³/mol. The zero-order valence-corrected chi connectivity index (χ0v) is 10.1. The maximum atomic E-state index is 10.4. The van der Waals surface area contributed by atoms with Crippen LogP contribution in [0.25, 0.3) is 0 Å². The molecule has 17 heavy (non-hydrogen) atoms. The number of carboxylic acid groups (broad SMARTS) is 1. The maximum absolute atomic E-state index is 10.4. The van der Waals surface area contributed by atoms with Gasteiger partial charge in [-0.25, -0.2) is 0 Å². The first-order valence-electron chi connectivity index (χ1n) is 5.65. The molecule has 1 aromatic carbocycles. The first-order valence-corrected chi connectivity index (χ1v) is 5.65. The zero-order chi connectivity index (χ0) is 12.8. The average molecular weight is 238 g/mol. The third-order valence-corrected chi connectivity index (χ3v) is 2.25. The van der Waals surface area contributed by atoms with Gasteiger partial charge in [0.05, 0.1) is 12.2 Å². The molecule has 0 aliphatic carbocycles. The first-order chi connectivity index (χ1) is 7.99. The summed E-state index contributed by atoms with van der Waals surface area (Å²) in [6, 6.07) is 7.11. The summed E-state index contributed by atoms with van der Waals surface area (Å²) in [5.74, 6) is -0.217. The number of hydrogen-bond acceptors (Lipinski definition) is 3. The number of aliphatic hydroxyl groups excluding tert-OH is 1. The van der Waals surface area contributed by atoms with E-state index in [0.29, 0.717) is 11.3 Å². The van der Waals surface area contributed by atoms with Gasteiger partial charge in [0.2, 0.25) is 0 Å². The van der Waals surface area contributed by atoms with Gasteiger partial charge in [0.15, 0.2) is 0 Å². The Labute approximate surface area is 101 Å². The van der Waals surface area contributed by atoms with E-state index >= 15 is 0 Å². The molecule has 0 saturated heterocycles. The van der Waals surface area contributed by atoms with Crippen LogP contribution in [0.1, 0.15) is 38.4 Å². The minimum Gasteiger partial charge on any atom is -0.491 e. The van der Waals surface area contributed by atoms with Crippen molar-refractivity contribution < 1.29 is 19.7 Å². The van der Waals surface area contributed by atoms with Crippen LogP contribution in [0, 0.1) is 0 Å². The van der Waals surface area contributed by atoms with Gasteiger partial charge in [-0.1, -0.05) is 12.1 Å². The molecule has 0 bridgehead atoms. The Morgan fingerprint density at radius 1 is 1.41 bits per heavy atom. The largest absolute Gasteiger partial charge is 0.491 e. The van der Waals surface area contributed by atoms with Crippen molar-refractivity contribution in [1.29, 1.82) is 0 Å². The van der Waals surface area contributed by atoms with Crippen molar-refractivity contribution in [1.82, 2.24) is 0 Å². The molecule has 0 saturated carbocycles. The molecular formula is C13H18O4. The monoisotopic (exact) mass is 238 g/mol. The Kier molecular flexibility index (Phi) is 4.97. The summed E-state index contributed by atoms with van der Waals surface area (Å²) in [7, 11) is 0. The fourth-order valence-electron chi connectivity index (χ4n) is 1.49. The zero-order valence-electron chi connectivity index (χ0n) is 10.1. The van der Waals surface area contributed by atoms with E-state index in [1.165, 1.54) is 0 Å². The van der Waals surface area contributed by atoms with Crippen LogP contribution in [0.3, 0.4) is 0 Å². The number of benzene rings is 1. The van der Waals surface area contributed by atoms with Crippen LogP contribution in [0.2, 0.25) is 0 Å². The van der Waals surface area contributed by atoms with Crippen molar-refractivity contribution in [2.45, 2.75) is 38.9 Å². The molecule has 94 valence electrons. The summed E-state index contributed by atoms with van der Waals surface area (Å²) in [6.07, 6.45) is -0.528. The first kappa shape index (κ1) is 13.5. The lowest BCUT2D eigenvalue weighted by atomic mass is 10.0. The fourth-order valence-corrected chi connectivity index (χ4v) is 1.49. The summed E-state index contributed by atoms with van der Waals surface area (Å²) >= 11 is 0. The molecule has 0 aliphatic rings. The highest BCUT2D eigenvalue weighted by atomic mass is 16.5. The second-order valence-corrected chi connectivity index (χ2v) is 4.19. The van der Waals surface area contributed by atoms with Crippen LogP contribution in [-0.4, -0.2) is 22.3 Å². The number of aliphatic carboxylic acids is 1. The molecule has 1 atom stereocenters. The van der Waals surface area contributed by atoms with Crippen LogP contribution >= 0.6 is 0 Å². The van der Waals surface area contributed by atoms with Gasteiger partial charge in [-0.3, -0.25) is 4.79 Å². The minimum atomic E-state index is -0.904. The number of ether oxygens (including phenoxy) is 1. The van der Waals surface area contributed by atoms with E-state index in [4.69, 9.17) is 9.84 Å². The van der Waals surface area contributed by atoms with Crippen LogP contribution in [0.5, 0.6) is 5.75 Å². The number of carbonyl (C=O) groups is 1. The standard InChI is InChI=1S/C13H18O4/c1-9(2)17-11-5-3-4-10(8-11)12(14)6-7-13(15)16/h3-5,8-9,12,14H,6-7H2,1-2H3,(H,15,16). The van der Waals surface area contributed by atoms with Gasteiger partial charge >= 0.3 is 5.97 Å². The Bertz CT molecular complexity index is 373. The fraction of sp³-hybridized carbons (Fsp3) is 0.462. The highest BCUT2D eigenvalue weighted by Gasteiger charge is 2.10. The predicted octanol–water partition coefficient (Wildman–Crippen LogP) is 2.37. The van der Waals surface area contributed by atoms with E-state index in [1.807, 2.05) is 19.9 Å². The molecular weight excluding hydrogens is 220 g/mol. The molecule has 4 heteroatoms. The van der Waals surface area contributed by atoms with E-state index in [0.717, 1.165) is 0 Å². The normalized spacial score (nSPS) is 12.5. The van der Waals surface area contributed by atoms with Crippen LogP contribution in [-0.2, 0) is 4.79 Å². The number of aliphatic hydroxyl groups is 1. The molecule has 1 unspecified atom stereocenters. The van der Waals surface area contributed by atoms with Crippen LogP contribution in [0.4, 0.5) is 0 Å². The lowest BCUT2D eigenvalue weighted by Crippen LogP contribution is -2.07. The lowest BCUT2D eigenvalue weighted by molar-refractivity contribution is -0.137. The maximum Gasteiger partial charge on any atom is 0.303 e. The van der Waals surface area contributed by atoms with Gasteiger partial charge in [0.1, 0.15) is 5.75 Å².